The summed E-state index contributed by atoms with van der Waals surface area (Å²) in [5, 5.41) is 10.7. The molecule has 0 radical (unpaired) electrons. The van der Waals surface area contributed by atoms with Crippen LogP contribution in [0.3, 0.4) is 0 Å². The SMILES string of the molecule is CCOC(C1CC1)C(O)c1c(OC)cccc1OC. The Bertz CT molecular complexity index is 392. The highest BCUT2D eigenvalue weighted by Crippen LogP contribution is 2.44. The van der Waals surface area contributed by atoms with Gasteiger partial charge in [0.25, 0.3) is 0 Å². The van der Waals surface area contributed by atoms with Crippen LogP contribution in [0.1, 0.15) is 31.4 Å². The lowest BCUT2D eigenvalue weighted by Crippen LogP contribution is -2.25. The fourth-order valence-corrected chi connectivity index (χ4v) is 2.44. The molecule has 1 fully saturated rings. The normalized spacial score (nSPS) is 17.9. The van der Waals surface area contributed by atoms with Gasteiger partial charge in [-0.2, -0.15) is 0 Å². The molecule has 0 heterocycles. The van der Waals surface area contributed by atoms with Crippen molar-refractivity contribution in [3.63, 3.8) is 0 Å². The first-order chi connectivity index (χ1) is 9.22. The molecule has 0 aliphatic heterocycles. The summed E-state index contributed by atoms with van der Waals surface area (Å²) in [6.07, 6.45) is 1.31. The maximum atomic E-state index is 10.7. The largest absolute Gasteiger partial charge is 0.496 e. The van der Waals surface area contributed by atoms with Gasteiger partial charge in [0.05, 0.1) is 25.9 Å². The molecule has 1 aromatic rings. The molecule has 4 nitrogen and oxygen atoms in total. The lowest BCUT2D eigenvalue weighted by Gasteiger charge is -2.25. The zero-order chi connectivity index (χ0) is 13.8. The van der Waals surface area contributed by atoms with Crippen molar-refractivity contribution in [3.05, 3.63) is 23.8 Å². The number of aliphatic hydroxyl groups excluding tert-OH is 1. The Kier molecular flexibility index (Phi) is 4.66. The monoisotopic (exact) mass is 266 g/mol. The minimum Gasteiger partial charge on any atom is -0.496 e. The van der Waals surface area contributed by atoms with Crippen LogP contribution in [0, 0.1) is 5.92 Å². The first kappa shape index (κ1) is 14.2. The zero-order valence-corrected chi connectivity index (χ0v) is 11.8. The second kappa shape index (κ2) is 6.26. The Morgan fingerprint density at radius 3 is 2.21 bits per heavy atom. The Labute approximate surface area is 114 Å². The van der Waals surface area contributed by atoms with E-state index in [4.69, 9.17) is 14.2 Å². The van der Waals surface area contributed by atoms with Crippen molar-refractivity contribution in [1.82, 2.24) is 0 Å². The average molecular weight is 266 g/mol. The zero-order valence-electron chi connectivity index (χ0n) is 11.8. The molecule has 0 amide bonds. The molecule has 1 aliphatic rings. The van der Waals surface area contributed by atoms with Gasteiger partial charge in [-0.05, 0) is 37.8 Å². The van der Waals surface area contributed by atoms with Gasteiger partial charge >= 0.3 is 0 Å². The van der Waals surface area contributed by atoms with Gasteiger partial charge in [-0.1, -0.05) is 6.07 Å². The summed E-state index contributed by atoms with van der Waals surface area (Å²) in [4.78, 5) is 0. The van der Waals surface area contributed by atoms with Crippen molar-refractivity contribution in [2.24, 2.45) is 5.92 Å². The Hall–Kier alpha value is -1.26. The molecule has 4 heteroatoms. The van der Waals surface area contributed by atoms with E-state index in [0.29, 0.717) is 29.6 Å². The molecule has 19 heavy (non-hydrogen) atoms. The number of hydrogen-bond acceptors (Lipinski definition) is 4. The van der Waals surface area contributed by atoms with Gasteiger partial charge in [0, 0.05) is 6.61 Å². The molecule has 1 N–H and O–H groups in total. The van der Waals surface area contributed by atoms with E-state index < -0.39 is 6.10 Å². The minimum absolute atomic E-state index is 0.185. The maximum Gasteiger partial charge on any atom is 0.128 e. The fraction of sp³-hybridized carbons (Fsp3) is 0.600. The van der Waals surface area contributed by atoms with E-state index in [1.807, 2.05) is 25.1 Å². The van der Waals surface area contributed by atoms with Gasteiger partial charge < -0.3 is 19.3 Å². The van der Waals surface area contributed by atoms with Crippen molar-refractivity contribution < 1.29 is 19.3 Å². The van der Waals surface area contributed by atoms with Crippen molar-refractivity contribution >= 4 is 0 Å². The van der Waals surface area contributed by atoms with Gasteiger partial charge in [-0.15, -0.1) is 0 Å². The van der Waals surface area contributed by atoms with Crippen molar-refractivity contribution in [3.8, 4) is 11.5 Å². The number of benzene rings is 1. The van der Waals surface area contributed by atoms with E-state index in [-0.39, 0.29) is 6.10 Å². The van der Waals surface area contributed by atoms with Crippen LogP contribution in [0.2, 0.25) is 0 Å². The third kappa shape index (κ3) is 3.01. The number of ether oxygens (including phenoxy) is 3. The molecule has 1 saturated carbocycles. The molecule has 2 unspecified atom stereocenters. The Morgan fingerprint density at radius 2 is 1.79 bits per heavy atom. The van der Waals surface area contributed by atoms with Crippen LogP contribution in [0.4, 0.5) is 0 Å². The van der Waals surface area contributed by atoms with Crippen LogP contribution in [0.15, 0.2) is 18.2 Å². The van der Waals surface area contributed by atoms with Crippen LogP contribution >= 0.6 is 0 Å². The number of aliphatic hydroxyl groups is 1. The highest BCUT2D eigenvalue weighted by Gasteiger charge is 2.39. The first-order valence-electron chi connectivity index (χ1n) is 6.73. The minimum atomic E-state index is -0.724. The lowest BCUT2D eigenvalue weighted by molar-refractivity contribution is -0.0477. The van der Waals surface area contributed by atoms with E-state index in [2.05, 4.69) is 0 Å². The van der Waals surface area contributed by atoms with Crippen LogP contribution in [0.25, 0.3) is 0 Å². The molecule has 2 atom stereocenters. The van der Waals surface area contributed by atoms with Crippen LogP contribution in [-0.4, -0.2) is 32.0 Å². The summed E-state index contributed by atoms with van der Waals surface area (Å²) in [6, 6.07) is 5.51. The standard InChI is InChI=1S/C15H22O4/c1-4-19-15(10-8-9-10)14(16)13-11(17-2)6-5-7-12(13)18-3/h5-7,10,14-16H,4,8-9H2,1-3H3. The van der Waals surface area contributed by atoms with Crippen molar-refractivity contribution in [1.29, 1.82) is 0 Å². The van der Waals surface area contributed by atoms with Gasteiger partial charge in [0.2, 0.25) is 0 Å². The molecule has 1 aliphatic carbocycles. The predicted molar refractivity (Wildman–Crippen MR) is 72.6 cm³/mol. The summed E-state index contributed by atoms with van der Waals surface area (Å²) in [6.45, 7) is 2.54. The summed E-state index contributed by atoms with van der Waals surface area (Å²) in [5.41, 5.74) is 0.679. The van der Waals surface area contributed by atoms with Gasteiger partial charge in [-0.3, -0.25) is 0 Å². The lowest BCUT2D eigenvalue weighted by atomic mass is 9.99. The van der Waals surface area contributed by atoms with Crippen LogP contribution < -0.4 is 9.47 Å². The summed E-state index contributed by atoms with van der Waals surface area (Å²) >= 11 is 0. The highest BCUT2D eigenvalue weighted by atomic mass is 16.5. The molecule has 0 bridgehead atoms. The van der Waals surface area contributed by atoms with Crippen LogP contribution in [0.5, 0.6) is 11.5 Å². The second-order valence-corrected chi connectivity index (χ2v) is 4.78. The van der Waals surface area contributed by atoms with Crippen LogP contribution in [-0.2, 0) is 4.74 Å². The molecular weight excluding hydrogens is 244 g/mol. The van der Waals surface area contributed by atoms with E-state index in [0.717, 1.165) is 12.8 Å². The fourth-order valence-electron chi connectivity index (χ4n) is 2.44. The summed E-state index contributed by atoms with van der Waals surface area (Å²) < 4.78 is 16.4. The quantitative estimate of drug-likeness (QED) is 0.824. The average Bonchev–Trinajstić information content (AvgIpc) is 3.27. The molecule has 2 rings (SSSR count). The van der Waals surface area contributed by atoms with Gasteiger partial charge in [0.1, 0.15) is 17.6 Å². The van der Waals surface area contributed by atoms with Crippen molar-refractivity contribution in [2.45, 2.75) is 32.0 Å². The first-order valence-corrected chi connectivity index (χ1v) is 6.73. The van der Waals surface area contributed by atoms with Gasteiger partial charge in [-0.25, -0.2) is 0 Å². The highest BCUT2D eigenvalue weighted by molar-refractivity contribution is 5.46. The molecule has 106 valence electrons. The third-order valence-corrected chi connectivity index (χ3v) is 3.52. The molecule has 0 aromatic heterocycles. The van der Waals surface area contributed by atoms with Gasteiger partial charge in [0.15, 0.2) is 0 Å². The third-order valence-electron chi connectivity index (χ3n) is 3.52. The molecule has 0 saturated heterocycles. The second-order valence-electron chi connectivity index (χ2n) is 4.78. The maximum absolute atomic E-state index is 10.7. The molecule has 0 spiro atoms. The topological polar surface area (TPSA) is 47.9 Å². The summed E-state index contributed by atoms with van der Waals surface area (Å²) in [7, 11) is 3.19. The Balaban J connectivity index is 2.32. The number of rotatable bonds is 7. The predicted octanol–water partition coefficient (Wildman–Crippen LogP) is 2.55. The smallest absolute Gasteiger partial charge is 0.128 e. The van der Waals surface area contributed by atoms with Crippen molar-refractivity contribution in [2.75, 3.05) is 20.8 Å². The Morgan fingerprint density at radius 1 is 1.21 bits per heavy atom. The van der Waals surface area contributed by atoms with E-state index in [1.165, 1.54) is 0 Å². The number of hydrogen-bond donors (Lipinski definition) is 1. The molecule has 1 aromatic carbocycles. The van der Waals surface area contributed by atoms with E-state index in [9.17, 15) is 5.11 Å². The number of methoxy groups -OCH3 is 2. The van der Waals surface area contributed by atoms with E-state index >= 15 is 0 Å². The van der Waals surface area contributed by atoms with E-state index in [1.54, 1.807) is 14.2 Å². The summed E-state index contributed by atoms with van der Waals surface area (Å²) in [5.74, 6) is 1.71. The molecular formula is C15H22O4.